The zero-order valence-corrected chi connectivity index (χ0v) is 17.1. The lowest BCUT2D eigenvalue weighted by Crippen LogP contribution is -2.49. The van der Waals surface area contributed by atoms with Crippen molar-refractivity contribution in [3.63, 3.8) is 0 Å². The van der Waals surface area contributed by atoms with Crippen LogP contribution >= 0.6 is 0 Å². The molecule has 1 saturated heterocycles. The molecule has 6 nitrogen and oxygen atoms in total. The van der Waals surface area contributed by atoms with Gasteiger partial charge in [0, 0.05) is 37.8 Å². The second-order valence-electron chi connectivity index (χ2n) is 7.00. The molecule has 2 heterocycles. The summed E-state index contributed by atoms with van der Waals surface area (Å²) in [6.45, 7) is 2.93. The van der Waals surface area contributed by atoms with Gasteiger partial charge in [-0.25, -0.2) is 17.8 Å². The van der Waals surface area contributed by atoms with E-state index in [9.17, 15) is 12.8 Å². The predicted octanol–water partition coefficient (Wildman–Crippen LogP) is 3.41. The molecule has 0 spiro atoms. The van der Waals surface area contributed by atoms with Crippen LogP contribution in [-0.2, 0) is 17.1 Å². The van der Waals surface area contributed by atoms with Crippen LogP contribution in [0.4, 0.5) is 4.39 Å². The van der Waals surface area contributed by atoms with E-state index in [0.29, 0.717) is 25.4 Å². The number of aryl methyl sites for hydroxylation is 1. The Balaban J connectivity index is 1.52. The van der Waals surface area contributed by atoms with Crippen molar-refractivity contribution in [2.24, 2.45) is 7.05 Å². The van der Waals surface area contributed by atoms with Gasteiger partial charge in [0.15, 0.2) is 0 Å². The number of hydrogen-bond acceptors (Lipinski definition) is 4. The van der Waals surface area contributed by atoms with Gasteiger partial charge in [0.25, 0.3) is 0 Å². The fraction of sp³-hybridized carbons (Fsp3) is 0.286. The first-order valence-corrected chi connectivity index (χ1v) is 10.9. The summed E-state index contributed by atoms with van der Waals surface area (Å²) in [6, 6.07) is 12.9. The summed E-state index contributed by atoms with van der Waals surface area (Å²) in [6.07, 6.45) is 1.88. The third kappa shape index (κ3) is 3.65. The molecule has 2 aromatic carbocycles. The molecule has 0 amide bonds. The second-order valence-corrected chi connectivity index (χ2v) is 8.91. The topological polar surface area (TPSA) is 64.4 Å². The number of nitrogens with zero attached hydrogens (tertiary/aromatic N) is 3. The predicted molar refractivity (Wildman–Crippen MR) is 108 cm³/mol. The fourth-order valence-electron chi connectivity index (χ4n) is 3.49. The van der Waals surface area contributed by atoms with Gasteiger partial charge < -0.3 is 9.30 Å². The molecule has 1 fully saturated rings. The van der Waals surface area contributed by atoms with Gasteiger partial charge in [0.05, 0.1) is 12.3 Å². The summed E-state index contributed by atoms with van der Waals surface area (Å²) < 4.78 is 48.0. The molecule has 0 atom stereocenters. The third-order valence-corrected chi connectivity index (χ3v) is 6.90. The maximum atomic E-state index is 13.2. The number of rotatable bonds is 6. The fourth-order valence-corrected chi connectivity index (χ4v) is 5.16. The summed E-state index contributed by atoms with van der Waals surface area (Å²) in [5.74, 6) is 0.892. The lowest BCUT2D eigenvalue weighted by molar-refractivity contribution is 0.251. The van der Waals surface area contributed by atoms with E-state index in [1.165, 1.54) is 16.4 Å². The Kier molecular flexibility index (Phi) is 5.14. The van der Waals surface area contributed by atoms with E-state index in [1.807, 2.05) is 24.7 Å². The minimum atomic E-state index is -3.63. The first-order valence-electron chi connectivity index (χ1n) is 9.41. The van der Waals surface area contributed by atoms with E-state index < -0.39 is 10.0 Å². The van der Waals surface area contributed by atoms with Crippen molar-refractivity contribution in [2.75, 3.05) is 19.7 Å². The van der Waals surface area contributed by atoms with Crippen LogP contribution in [0.1, 0.15) is 18.7 Å². The number of para-hydroxylation sites is 1. The normalized spacial score (nSPS) is 15.3. The van der Waals surface area contributed by atoms with Gasteiger partial charge in [0.2, 0.25) is 10.0 Å². The third-order valence-electron chi connectivity index (χ3n) is 5.03. The molecule has 0 N–H and O–H groups in total. The number of benzene rings is 2. The quantitative estimate of drug-likeness (QED) is 0.619. The maximum Gasteiger partial charge on any atom is 0.246 e. The van der Waals surface area contributed by atoms with E-state index in [2.05, 4.69) is 4.98 Å². The van der Waals surface area contributed by atoms with E-state index in [1.54, 1.807) is 36.4 Å². The number of sulfonamides is 1. The number of imidazole rings is 1. The van der Waals surface area contributed by atoms with Crippen LogP contribution in [-0.4, -0.2) is 42.0 Å². The molecule has 4 rings (SSSR count). The van der Waals surface area contributed by atoms with Crippen LogP contribution in [0.2, 0.25) is 0 Å². The molecular formula is C21H22FN3O3S. The lowest BCUT2D eigenvalue weighted by atomic mass is 10.0. The molecule has 8 heteroatoms. The first-order chi connectivity index (χ1) is 13.9. The standard InChI is InChI=1S/C21H22FN3O3S/c1-3-28-19-6-4-5-7-20(19)29(26,27)25-12-16(13-25)21-23-18(14-24(21)2)15-8-10-17(22)11-9-15/h4-11,14,16H,3,12-13H2,1-2H3. The minimum absolute atomic E-state index is 0.00299. The van der Waals surface area contributed by atoms with Crippen LogP contribution in [0.3, 0.4) is 0 Å². The summed E-state index contributed by atoms with van der Waals surface area (Å²) in [7, 11) is -1.74. The van der Waals surface area contributed by atoms with Gasteiger partial charge >= 0.3 is 0 Å². The smallest absolute Gasteiger partial charge is 0.246 e. The highest BCUT2D eigenvalue weighted by Crippen LogP contribution is 2.35. The Morgan fingerprint density at radius 3 is 2.52 bits per heavy atom. The highest BCUT2D eigenvalue weighted by atomic mass is 32.2. The minimum Gasteiger partial charge on any atom is -0.492 e. The van der Waals surface area contributed by atoms with Gasteiger partial charge in [-0.15, -0.1) is 0 Å². The number of ether oxygens (including phenoxy) is 1. The lowest BCUT2D eigenvalue weighted by Gasteiger charge is -2.37. The van der Waals surface area contributed by atoms with Crippen molar-refractivity contribution >= 4 is 10.0 Å². The van der Waals surface area contributed by atoms with Crippen LogP contribution in [0, 0.1) is 5.82 Å². The molecule has 29 heavy (non-hydrogen) atoms. The van der Waals surface area contributed by atoms with E-state index in [-0.39, 0.29) is 16.6 Å². The van der Waals surface area contributed by atoms with E-state index in [4.69, 9.17) is 4.74 Å². The molecule has 1 aliphatic heterocycles. The molecule has 0 bridgehead atoms. The molecule has 3 aromatic rings. The SMILES string of the molecule is CCOc1ccccc1S(=O)(=O)N1CC(c2nc(-c3ccc(F)cc3)cn2C)C1. The molecule has 0 radical (unpaired) electrons. The Labute approximate surface area is 169 Å². The molecule has 0 aliphatic carbocycles. The molecule has 152 valence electrons. The van der Waals surface area contributed by atoms with Crippen LogP contribution < -0.4 is 4.74 Å². The first kappa shape index (κ1) is 19.6. The van der Waals surface area contributed by atoms with Gasteiger partial charge in [-0.3, -0.25) is 0 Å². The Morgan fingerprint density at radius 2 is 1.83 bits per heavy atom. The van der Waals surface area contributed by atoms with Crippen molar-refractivity contribution in [1.29, 1.82) is 0 Å². The van der Waals surface area contributed by atoms with Gasteiger partial charge in [-0.2, -0.15) is 4.31 Å². The number of aromatic nitrogens is 2. The maximum absolute atomic E-state index is 13.2. The van der Waals surface area contributed by atoms with E-state index >= 15 is 0 Å². The highest BCUT2D eigenvalue weighted by molar-refractivity contribution is 7.89. The van der Waals surface area contributed by atoms with Gasteiger partial charge in [0.1, 0.15) is 22.3 Å². The van der Waals surface area contributed by atoms with Crippen molar-refractivity contribution < 1.29 is 17.5 Å². The van der Waals surface area contributed by atoms with Crippen LogP contribution in [0.15, 0.2) is 59.6 Å². The second kappa shape index (κ2) is 7.61. The average molecular weight is 415 g/mol. The number of hydrogen-bond donors (Lipinski definition) is 0. The summed E-state index contributed by atoms with van der Waals surface area (Å²) >= 11 is 0. The Hall–Kier alpha value is -2.71. The molecular weight excluding hydrogens is 393 g/mol. The van der Waals surface area contributed by atoms with E-state index in [0.717, 1.165) is 17.1 Å². The summed E-state index contributed by atoms with van der Waals surface area (Å²) in [4.78, 5) is 4.85. The highest BCUT2D eigenvalue weighted by Gasteiger charge is 2.40. The van der Waals surface area contributed by atoms with Crippen molar-refractivity contribution in [1.82, 2.24) is 13.9 Å². The zero-order chi connectivity index (χ0) is 20.6. The van der Waals surface area contributed by atoms with Gasteiger partial charge in [-0.05, 0) is 43.3 Å². The summed E-state index contributed by atoms with van der Waals surface area (Å²) in [5.41, 5.74) is 1.56. The van der Waals surface area contributed by atoms with Crippen LogP contribution in [0.25, 0.3) is 11.3 Å². The molecule has 0 saturated carbocycles. The number of halogens is 1. The average Bonchev–Trinajstić information content (AvgIpc) is 3.03. The monoisotopic (exact) mass is 415 g/mol. The summed E-state index contributed by atoms with van der Waals surface area (Å²) in [5, 5.41) is 0. The van der Waals surface area contributed by atoms with Crippen molar-refractivity contribution in [3.05, 3.63) is 66.4 Å². The Bertz CT molecular complexity index is 1120. The Morgan fingerprint density at radius 1 is 1.14 bits per heavy atom. The van der Waals surface area contributed by atoms with Gasteiger partial charge in [-0.1, -0.05) is 12.1 Å². The molecule has 1 aliphatic rings. The van der Waals surface area contributed by atoms with Crippen molar-refractivity contribution in [2.45, 2.75) is 17.7 Å². The van der Waals surface area contributed by atoms with Crippen molar-refractivity contribution in [3.8, 4) is 17.0 Å². The van der Waals surface area contributed by atoms with Crippen LogP contribution in [0.5, 0.6) is 5.75 Å². The zero-order valence-electron chi connectivity index (χ0n) is 16.2. The largest absolute Gasteiger partial charge is 0.492 e. The molecule has 1 aromatic heterocycles. The molecule has 0 unspecified atom stereocenters.